The Hall–Kier alpha value is -3.15. The zero-order chi connectivity index (χ0) is 21.2. The van der Waals surface area contributed by atoms with Gasteiger partial charge in [-0.1, -0.05) is 38.1 Å². The van der Waals surface area contributed by atoms with Gasteiger partial charge in [0.15, 0.2) is 0 Å². The number of carbonyl (C=O) groups is 3. The summed E-state index contributed by atoms with van der Waals surface area (Å²) < 4.78 is 0. The molecule has 1 saturated heterocycles. The number of amides is 2. The molecule has 0 radical (unpaired) electrons. The van der Waals surface area contributed by atoms with E-state index < -0.39 is 11.4 Å². The fourth-order valence-electron chi connectivity index (χ4n) is 3.83. The van der Waals surface area contributed by atoms with Gasteiger partial charge in [-0.15, -0.1) is 0 Å². The number of nitrogens with zero attached hydrogens (tertiary/aromatic N) is 2. The van der Waals surface area contributed by atoms with Crippen LogP contribution in [0.2, 0.25) is 0 Å². The van der Waals surface area contributed by atoms with Crippen LogP contribution in [0.25, 0.3) is 0 Å². The SMILES string of the molecule is CC(C)C1(C(=O)O)CCN(C(=O)c2cccc(C(=O)N(C)c3ccccc3)c2)C1. The van der Waals surface area contributed by atoms with E-state index in [1.165, 1.54) is 4.90 Å². The van der Waals surface area contributed by atoms with Crippen LogP contribution in [0.5, 0.6) is 0 Å². The number of carbonyl (C=O) groups excluding carboxylic acids is 2. The van der Waals surface area contributed by atoms with Crippen LogP contribution in [-0.2, 0) is 4.79 Å². The number of carboxylic acids is 1. The second-order valence-electron chi connectivity index (χ2n) is 7.87. The molecule has 6 heteroatoms. The summed E-state index contributed by atoms with van der Waals surface area (Å²) in [6.07, 6.45) is 0.432. The monoisotopic (exact) mass is 394 g/mol. The van der Waals surface area contributed by atoms with Crippen molar-refractivity contribution in [1.29, 1.82) is 0 Å². The molecule has 0 spiro atoms. The minimum Gasteiger partial charge on any atom is -0.481 e. The summed E-state index contributed by atoms with van der Waals surface area (Å²) >= 11 is 0. The van der Waals surface area contributed by atoms with Crippen molar-refractivity contribution in [1.82, 2.24) is 4.90 Å². The number of anilines is 1. The van der Waals surface area contributed by atoms with Crippen LogP contribution in [0, 0.1) is 11.3 Å². The van der Waals surface area contributed by atoms with E-state index in [2.05, 4.69) is 0 Å². The number of likely N-dealkylation sites (tertiary alicyclic amines) is 1. The lowest BCUT2D eigenvalue weighted by Crippen LogP contribution is -2.40. The molecule has 1 atom stereocenters. The summed E-state index contributed by atoms with van der Waals surface area (Å²) in [7, 11) is 1.69. The molecule has 1 fully saturated rings. The molecule has 0 saturated carbocycles. The highest BCUT2D eigenvalue weighted by Crippen LogP contribution is 2.38. The first-order valence-electron chi connectivity index (χ1n) is 9.72. The van der Waals surface area contributed by atoms with Gasteiger partial charge in [0.2, 0.25) is 0 Å². The zero-order valence-electron chi connectivity index (χ0n) is 17.0. The van der Waals surface area contributed by atoms with Crippen LogP contribution in [0.15, 0.2) is 54.6 Å². The Morgan fingerprint density at radius 1 is 1.03 bits per heavy atom. The average Bonchev–Trinajstić information content (AvgIpc) is 3.20. The van der Waals surface area contributed by atoms with Crippen molar-refractivity contribution in [3.63, 3.8) is 0 Å². The number of carboxylic acid groups (broad SMARTS) is 1. The van der Waals surface area contributed by atoms with Crippen molar-refractivity contribution in [3.05, 3.63) is 65.7 Å². The molecule has 1 unspecified atom stereocenters. The largest absolute Gasteiger partial charge is 0.481 e. The van der Waals surface area contributed by atoms with Gasteiger partial charge in [0.05, 0.1) is 5.41 Å². The Bertz CT molecular complexity index is 925. The Morgan fingerprint density at radius 3 is 2.28 bits per heavy atom. The van der Waals surface area contributed by atoms with Crippen LogP contribution in [0.1, 0.15) is 41.0 Å². The van der Waals surface area contributed by atoms with Gasteiger partial charge in [-0.25, -0.2) is 0 Å². The fourth-order valence-corrected chi connectivity index (χ4v) is 3.83. The Kier molecular flexibility index (Phi) is 5.73. The first-order chi connectivity index (χ1) is 13.8. The molecule has 1 N–H and O–H groups in total. The lowest BCUT2D eigenvalue weighted by atomic mass is 9.76. The van der Waals surface area contributed by atoms with Gasteiger partial charge in [0.1, 0.15) is 0 Å². The quantitative estimate of drug-likeness (QED) is 0.841. The molecule has 1 aliphatic heterocycles. The van der Waals surface area contributed by atoms with E-state index in [-0.39, 0.29) is 24.3 Å². The molecule has 0 bridgehead atoms. The Morgan fingerprint density at radius 2 is 1.69 bits per heavy atom. The van der Waals surface area contributed by atoms with Gasteiger partial charge in [0, 0.05) is 37.0 Å². The third-order valence-electron chi connectivity index (χ3n) is 5.92. The van der Waals surface area contributed by atoms with Crippen LogP contribution in [-0.4, -0.2) is 47.9 Å². The lowest BCUT2D eigenvalue weighted by molar-refractivity contribution is -0.150. The topological polar surface area (TPSA) is 77.9 Å². The maximum absolute atomic E-state index is 13.0. The van der Waals surface area contributed by atoms with Crippen molar-refractivity contribution in [2.45, 2.75) is 20.3 Å². The van der Waals surface area contributed by atoms with E-state index in [0.717, 1.165) is 5.69 Å². The number of benzene rings is 2. The summed E-state index contributed by atoms with van der Waals surface area (Å²) in [6, 6.07) is 15.9. The normalized spacial score (nSPS) is 18.7. The van der Waals surface area contributed by atoms with E-state index in [4.69, 9.17) is 0 Å². The van der Waals surface area contributed by atoms with Crippen LogP contribution >= 0.6 is 0 Å². The third-order valence-corrected chi connectivity index (χ3v) is 5.92. The number of para-hydroxylation sites is 1. The fraction of sp³-hybridized carbons (Fsp3) is 0.348. The highest BCUT2D eigenvalue weighted by Gasteiger charge is 2.48. The highest BCUT2D eigenvalue weighted by molar-refractivity contribution is 6.07. The summed E-state index contributed by atoms with van der Waals surface area (Å²) in [5.74, 6) is -1.40. The van der Waals surface area contributed by atoms with Gasteiger partial charge >= 0.3 is 5.97 Å². The van der Waals surface area contributed by atoms with Gasteiger partial charge in [-0.05, 0) is 42.7 Å². The lowest BCUT2D eigenvalue weighted by Gasteiger charge is -2.28. The molecule has 1 heterocycles. The van der Waals surface area contributed by atoms with Crippen LogP contribution in [0.4, 0.5) is 5.69 Å². The molecule has 2 aromatic carbocycles. The Balaban J connectivity index is 1.80. The van der Waals surface area contributed by atoms with E-state index in [1.54, 1.807) is 36.2 Å². The molecule has 152 valence electrons. The molecule has 6 nitrogen and oxygen atoms in total. The molecule has 0 aromatic heterocycles. The second-order valence-corrected chi connectivity index (χ2v) is 7.87. The van der Waals surface area contributed by atoms with Gasteiger partial charge in [0.25, 0.3) is 11.8 Å². The van der Waals surface area contributed by atoms with Gasteiger partial charge in [-0.3, -0.25) is 14.4 Å². The molecule has 3 rings (SSSR count). The van der Waals surface area contributed by atoms with Crippen molar-refractivity contribution >= 4 is 23.5 Å². The van der Waals surface area contributed by atoms with Crippen molar-refractivity contribution in [3.8, 4) is 0 Å². The van der Waals surface area contributed by atoms with Crippen molar-refractivity contribution in [2.75, 3.05) is 25.0 Å². The molecule has 1 aliphatic rings. The predicted octanol–water partition coefficient (Wildman–Crippen LogP) is 3.54. The van der Waals surface area contributed by atoms with E-state index in [9.17, 15) is 19.5 Å². The van der Waals surface area contributed by atoms with E-state index in [0.29, 0.717) is 24.1 Å². The smallest absolute Gasteiger partial charge is 0.311 e. The second kappa shape index (κ2) is 8.07. The Labute approximate surface area is 170 Å². The first-order valence-corrected chi connectivity index (χ1v) is 9.72. The summed E-state index contributed by atoms with van der Waals surface area (Å²) in [5, 5.41) is 9.70. The van der Waals surface area contributed by atoms with Gasteiger partial charge < -0.3 is 14.9 Å². The van der Waals surface area contributed by atoms with Crippen molar-refractivity contribution < 1.29 is 19.5 Å². The number of hydrogen-bond acceptors (Lipinski definition) is 3. The highest BCUT2D eigenvalue weighted by atomic mass is 16.4. The minimum atomic E-state index is -0.920. The standard InChI is InChI=1S/C23H26N2O4/c1-16(2)23(22(28)29)12-13-25(15-23)21(27)18-9-7-8-17(14-18)20(26)24(3)19-10-5-4-6-11-19/h4-11,14,16H,12-13,15H2,1-3H3,(H,28,29). The summed E-state index contributed by atoms with van der Waals surface area (Å²) in [6.45, 7) is 4.33. The first kappa shape index (κ1) is 20.6. The maximum atomic E-state index is 13.0. The number of rotatable bonds is 5. The molecule has 2 aromatic rings. The molecule has 0 aliphatic carbocycles. The van der Waals surface area contributed by atoms with Crippen LogP contribution in [0.3, 0.4) is 0 Å². The number of aliphatic carboxylic acids is 1. The number of hydrogen-bond donors (Lipinski definition) is 1. The summed E-state index contributed by atoms with van der Waals surface area (Å²) in [4.78, 5) is 40.8. The third kappa shape index (κ3) is 3.88. The van der Waals surface area contributed by atoms with Crippen LogP contribution < -0.4 is 4.90 Å². The molecule has 29 heavy (non-hydrogen) atoms. The van der Waals surface area contributed by atoms with E-state index >= 15 is 0 Å². The maximum Gasteiger partial charge on any atom is 0.311 e. The molecular formula is C23H26N2O4. The average molecular weight is 394 g/mol. The molecular weight excluding hydrogens is 368 g/mol. The van der Waals surface area contributed by atoms with Gasteiger partial charge in [-0.2, -0.15) is 0 Å². The summed E-state index contributed by atoms with van der Waals surface area (Å²) in [5.41, 5.74) is 0.644. The van der Waals surface area contributed by atoms with E-state index in [1.807, 2.05) is 44.2 Å². The van der Waals surface area contributed by atoms with Crippen molar-refractivity contribution in [2.24, 2.45) is 11.3 Å². The predicted molar refractivity (Wildman–Crippen MR) is 111 cm³/mol. The minimum absolute atomic E-state index is 0.0785. The zero-order valence-corrected chi connectivity index (χ0v) is 17.0. The molecule has 2 amide bonds.